The van der Waals surface area contributed by atoms with Crippen LogP contribution in [0.25, 0.3) is 0 Å². The molecule has 0 spiro atoms. The van der Waals surface area contributed by atoms with Crippen molar-refractivity contribution in [1.82, 2.24) is 0 Å². The first-order valence-corrected chi connectivity index (χ1v) is 6.85. The van der Waals surface area contributed by atoms with E-state index in [0.29, 0.717) is 5.56 Å². The second kappa shape index (κ2) is 7.17. The van der Waals surface area contributed by atoms with E-state index in [1.165, 1.54) is 26.0 Å². The van der Waals surface area contributed by atoms with Gasteiger partial charge in [0.25, 0.3) is 0 Å². The molecule has 1 heterocycles. The van der Waals surface area contributed by atoms with Gasteiger partial charge in [-0.3, -0.25) is 9.59 Å². The summed E-state index contributed by atoms with van der Waals surface area (Å²) < 4.78 is 29.2. The Balaban J connectivity index is 2.15. The van der Waals surface area contributed by atoms with E-state index in [1.807, 2.05) is 0 Å². The summed E-state index contributed by atoms with van der Waals surface area (Å²) in [7, 11) is 0. The molecule has 0 saturated carbocycles. The first kappa shape index (κ1) is 16.2. The summed E-state index contributed by atoms with van der Waals surface area (Å²) in [6, 6.07) is 6.02. The van der Waals surface area contributed by atoms with Gasteiger partial charge in [0, 0.05) is 13.8 Å². The second-order valence-corrected chi connectivity index (χ2v) is 4.91. The third-order valence-electron chi connectivity index (χ3n) is 3.09. The highest BCUT2D eigenvalue weighted by Crippen LogP contribution is 2.28. The average molecular weight is 308 g/mol. The van der Waals surface area contributed by atoms with Crippen LogP contribution in [0.1, 0.15) is 25.5 Å². The molecule has 0 radical (unpaired) electrons. The predicted molar refractivity (Wildman–Crippen MR) is 75.3 cm³/mol. The van der Waals surface area contributed by atoms with Gasteiger partial charge in [-0.25, -0.2) is 4.39 Å². The molecular weight excluding hydrogens is 291 g/mol. The van der Waals surface area contributed by atoms with Crippen LogP contribution < -0.4 is 0 Å². The monoisotopic (exact) mass is 308 g/mol. The summed E-state index contributed by atoms with van der Waals surface area (Å²) in [5.74, 6) is -1.29. The molecule has 1 aliphatic rings. The second-order valence-electron chi connectivity index (χ2n) is 4.91. The average Bonchev–Trinajstić information content (AvgIpc) is 2.45. The van der Waals surface area contributed by atoms with Crippen molar-refractivity contribution in [2.24, 2.45) is 0 Å². The Morgan fingerprint density at radius 3 is 2.64 bits per heavy atom. The summed E-state index contributed by atoms with van der Waals surface area (Å²) in [5, 5.41) is 0. The lowest BCUT2D eigenvalue weighted by atomic mass is 10.0. The fraction of sp³-hybridized carbons (Fsp3) is 0.375. The maximum absolute atomic E-state index is 13.3. The third kappa shape index (κ3) is 4.39. The lowest BCUT2D eigenvalue weighted by molar-refractivity contribution is -0.163. The molecule has 6 heteroatoms. The van der Waals surface area contributed by atoms with Crippen molar-refractivity contribution >= 4 is 11.9 Å². The van der Waals surface area contributed by atoms with Gasteiger partial charge in [0.15, 0.2) is 0 Å². The Labute approximate surface area is 127 Å². The number of carbonyl (C=O) groups excluding carboxylic acids is 2. The van der Waals surface area contributed by atoms with E-state index in [1.54, 1.807) is 24.3 Å². The third-order valence-corrected chi connectivity index (χ3v) is 3.09. The van der Waals surface area contributed by atoms with Gasteiger partial charge in [0.1, 0.15) is 30.7 Å². The zero-order valence-corrected chi connectivity index (χ0v) is 12.3. The first-order valence-electron chi connectivity index (χ1n) is 6.85. The van der Waals surface area contributed by atoms with Gasteiger partial charge >= 0.3 is 11.9 Å². The predicted octanol–water partition coefficient (Wildman–Crippen LogP) is 2.32. The van der Waals surface area contributed by atoms with E-state index in [2.05, 4.69) is 0 Å². The number of carbonyl (C=O) groups is 2. The van der Waals surface area contributed by atoms with Crippen LogP contribution >= 0.6 is 0 Å². The minimum atomic E-state index is -0.651. The summed E-state index contributed by atoms with van der Waals surface area (Å²) in [5.41, 5.74) is 0.630. The van der Waals surface area contributed by atoms with Crippen LogP contribution in [-0.2, 0) is 23.8 Å². The number of rotatable bonds is 4. The fourth-order valence-corrected chi connectivity index (χ4v) is 2.16. The number of benzene rings is 1. The molecule has 0 aromatic heterocycles. The molecule has 0 unspecified atom stereocenters. The molecule has 1 aromatic carbocycles. The molecule has 0 fully saturated rings. The lowest BCUT2D eigenvalue weighted by Gasteiger charge is -2.31. The maximum Gasteiger partial charge on any atom is 0.303 e. The molecule has 0 N–H and O–H groups in total. The molecule has 1 aromatic rings. The van der Waals surface area contributed by atoms with Crippen molar-refractivity contribution in [2.75, 3.05) is 6.61 Å². The molecule has 1 aliphatic heterocycles. The molecule has 118 valence electrons. The van der Waals surface area contributed by atoms with Gasteiger partial charge in [0.05, 0.1) is 0 Å². The van der Waals surface area contributed by atoms with Crippen LogP contribution in [0.5, 0.6) is 0 Å². The van der Waals surface area contributed by atoms with Crippen molar-refractivity contribution in [3.8, 4) is 0 Å². The van der Waals surface area contributed by atoms with Gasteiger partial charge in [-0.15, -0.1) is 0 Å². The molecule has 0 amide bonds. The molecule has 22 heavy (non-hydrogen) atoms. The topological polar surface area (TPSA) is 61.8 Å². The largest absolute Gasteiger partial charge is 0.463 e. The van der Waals surface area contributed by atoms with E-state index < -0.39 is 30.3 Å². The molecule has 0 aliphatic carbocycles. The molecule has 2 rings (SSSR count). The lowest BCUT2D eigenvalue weighted by Crippen LogP contribution is -2.39. The Hall–Kier alpha value is -2.21. The highest BCUT2D eigenvalue weighted by Gasteiger charge is 2.31. The van der Waals surface area contributed by atoms with Gasteiger partial charge in [0.2, 0.25) is 0 Å². The van der Waals surface area contributed by atoms with Crippen LogP contribution in [0.4, 0.5) is 4.39 Å². The van der Waals surface area contributed by atoms with Gasteiger partial charge in [-0.05, 0) is 23.8 Å². The van der Waals surface area contributed by atoms with Crippen molar-refractivity contribution in [2.45, 2.75) is 32.2 Å². The van der Waals surface area contributed by atoms with Crippen LogP contribution in [0.2, 0.25) is 0 Å². The maximum atomic E-state index is 13.3. The standard InChI is InChI=1S/C16H17FO5/c1-10(18)20-9-16-15(21-11(2)19)7-6-14(22-16)12-4-3-5-13(17)8-12/h3-8,14-16H,9H2,1-2H3/t14-,15-,16+/m0/s1. The highest BCUT2D eigenvalue weighted by atomic mass is 19.1. The highest BCUT2D eigenvalue weighted by molar-refractivity contribution is 5.66. The summed E-state index contributed by atoms with van der Waals surface area (Å²) >= 11 is 0. The smallest absolute Gasteiger partial charge is 0.303 e. The fourth-order valence-electron chi connectivity index (χ4n) is 2.16. The number of halogens is 1. The van der Waals surface area contributed by atoms with Gasteiger partial charge < -0.3 is 14.2 Å². The van der Waals surface area contributed by atoms with Crippen molar-refractivity contribution in [3.63, 3.8) is 0 Å². The van der Waals surface area contributed by atoms with E-state index in [9.17, 15) is 14.0 Å². The summed E-state index contributed by atoms with van der Waals surface area (Å²) in [4.78, 5) is 22.1. The van der Waals surface area contributed by atoms with Gasteiger partial charge in [-0.2, -0.15) is 0 Å². The van der Waals surface area contributed by atoms with E-state index in [4.69, 9.17) is 14.2 Å². The van der Waals surface area contributed by atoms with E-state index >= 15 is 0 Å². The molecular formula is C16H17FO5. The Morgan fingerprint density at radius 2 is 2.00 bits per heavy atom. The number of hydrogen-bond donors (Lipinski definition) is 0. The Bertz CT molecular complexity index is 584. The number of ether oxygens (including phenoxy) is 3. The van der Waals surface area contributed by atoms with Crippen molar-refractivity contribution < 1.29 is 28.2 Å². The van der Waals surface area contributed by atoms with Crippen LogP contribution in [0, 0.1) is 5.82 Å². The van der Waals surface area contributed by atoms with Crippen LogP contribution in [0.15, 0.2) is 36.4 Å². The molecule has 0 bridgehead atoms. The van der Waals surface area contributed by atoms with Gasteiger partial charge in [-0.1, -0.05) is 18.2 Å². The Kier molecular flexibility index (Phi) is 5.27. The number of hydrogen-bond acceptors (Lipinski definition) is 5. The Morgan fingerprint density at radius 1 is 1.23 bits per heavy atom. The molecule has 5 nitrogen and oxygen atoms in total. The quantitative estimate of drug-likeness (QED) is 0.631. The van der Waals surface area contributed by atoms with Crippen LogP contribution in [0.3, 0.4) is 0 Å². The normalized spacial score (nSPS) is 23.9. The summed E-state index contributed by atoms with van der Waals surface area (Å²) in [6.45, 7) is 2.52. The van der Waals surface area contributed by atoms with Crippen molar-refractivity contribution in [1.29, 1.82) is 0 Å². The zero-order chi connectivity index (χ0) is 16.1. The minimum Gasteiger partial charge on any atom is -0.463 e. The SMILES string of the molecule is CC(=O)OC[C@H]1O[C@H](c2cccc(F)c2)C=C[C@@H]1OC(C)=O. The minimum absolute atomic E-state index is 0.0521. The molecule has 3 atom stereocenters. The van der Waals surface area contributed by atoms with Crippen molar-refractivity contribution in [3.05, 3.63) is 47.8 Å². The van der Waals surface area contributed by atoms with E-state index in [-0.39, 0.29) is 12.4 Å². The van der Waals surface area contributed by atoms with E-state index in [0.717, 1.165) is 0 Å². The number of esters is 2. The zero-order valence-electron chi connectivity index (χ0n) is 12.3. The van der Waals surface area contributed by atoms with Crippen LogP contribution in [-0.4, -0.2) is 30.8 Å². The molecule has 0 saturated heterocycles. The first-order chi connectivity index (χ1) is 10.5. The summed E-state index contributed by atoms with van der Waals surface area (Å²) in [6.07, 6.45) is 1.55.